The second-order valence-electron chi connectivity index (χ2n) is 4.59. The number of hydrogen-bond acceptors (Lipinski definition) is 1. The van der Waals surface area contributed by atoms with Gasteiger partial charge in [0, 0.05) is 0 Å². The Morgan fingerprint density at radius 1 is 1.25 bits per heavy atom. The molecule has 0 heterocycles. The molecule has 0 N–H and O–H groups in total. The molecule has 0 radical (unpaired) electrons. The highest BCUT2D eigenvalue weighted by Crippen LogP contribution is 2.37. The van der Waals surface area contributed by atoms with Crippen molar-refractivity contribution in [1.29, 1.82) is 0 Å². The van der Waals surface area contributed by atoms with E-state index in [0.29, 0.717) is 24.3 Å². The predicted octanol–water partition coefficient (Wildman–Crippen LogP) is 5.56. The molecule has 0 aliphatic rings. The van der Waals surface area contributed by atoms with Gasteiger partial charge >= 0.3 is 6.18 Å². The Balaban J connectivity index is 3.22. The molecule has 1 aromatic rings. The molecule has 0 amide bonds. The van der Waals surface area contributed by atoms with Crippen molar-refractivity contribution in [3.05, 3.63) is 41.5 Å². The molecule has 0 aliphatic heterocycles. The van der Waals surface area contributed by atoms with E-state index in [0.717, 1.165) is 12.5 Å². The van der Waals surface area contributed by atoms with Crippen molar-refractivity contribution in [2.75, 3.05) is 6.61 Å². The molecule has 0 aromatic heterocycles. The van der Waals surface area contributed by atoms with Crippen LogP contribution < -0.4 is 4.74 Å². The van der Waals surface area contributed by atoms with E-state index in [9.17, 15) is 13.2 Å². The monoisotopic (exact) mass is 286 g/mol. The summed E-state index contributed by atoms with van der Waals surface area (Å²) in [5.74, 6) is 0.590. The van der Waals surface area contributed by atoms with Gasteiger partial charge in [-0.25, -0.2) is 0 Å². The fourth-order valence-corrected chi connectivity index (χ4v) is 2.14. The summed E-state index contributed by atoms with van der Waals surface area (Å²) in [5, 5.41) is 0. The molecule has 1 unspecified atom stereocenters. The van der Waals surface area contributed by atoms with Gasteiger partial charge in [-0.05, 0) is 56.4 Å². The summed E-state index contributed by atoms with van der Waals surface area (Å²) < 4.78 is 44.0. The van der Waals surface area contributed by atoms with E-state index in [1.807, 2.05) is 32.9 Å². The average Bonchev–Trinajstić information content (AvgIpc) is 2.40. The van der Waals surface area contributed by atoms with Crippen molar-refractivity contribution in [3.8, 4) is 5.75 Å². The van der Waals surface area contributed by atoms with Gasteiger partial charge in [0.25, 0.3) is 0 Å². The molecule has 20 heavy (non-hydrogen) atoms. The van der Waals surface area contributed by atoms with Gasteiger partial charge in [0.05, 0.1) is 12.2 Å². The zero-order valence-electron chi connectivity index (χ0n) is 12.1. The van der Waals surface area contributed by atoms with Crippen molar-refractivity contribution < 1.29 is 17.9 Å². The van der Waals surface area contributed by atoms with Crippen molar-refractivity contribution in [2.24, 2.45) is 0 Å². The lowest BCUT2D eigenvalue weighted by atomic mass is 9.91. The third-order valence-electron chi connectivity index (χ3n) is 3.23. The third kappa shape index (κ3) is 4.29. The van der Waals surface area contributed by atoms with Crippen LogP contribution in [0.2, 0.25) is 0 Å². The average molecular weight is 286 g/mol. The molecule has 4 heteroatoms. The molecule has 0 saturated heterocycles. The van der Waals surface area contributed by atoms with E-state index < -0.39 is 11.7 Å². The quantitative estimate of drug-likeness (QED) is 0.622. The van der Waals surface area contributed by atoms with Gasteiger partial charge in [0.15, 0.2) is 0 Å². The predicted molar refractivity (Wildman–Crippen MR) is 75.1 cm³/mol. The first-order valence-electron chi connectivity index (χ1n) is 6.89. The van der Waals surface area contributed by atoms with Crippen LogP contribution >= 0.6 is 0 Å². The summed E-state index contributed by atoms with van der Waals surface area (Å²) in [6.45, 7) is 6.15. The van der Waals surface area contributed by atoms with Gasteiger partial charge in [0.1, 0.15) is 5.75 Å². The van der Waals surface area contributed by atoms with Gasteiger partial charge in [-0.2, -0.15) is 13.2 Å². The summed E-state index contributed by atoms with van der Waals surface area (Å²) >= 11 is 0. The first-order chi connectivity index (χ1) is 9.43. The maximum Gasteiger partial charge on any atom is 0.416 e. The van der Waals surface area contributed by atoms with E-state index in [4.69, 9.17) is 4.74 Å². The smallest absolute Gasteiger partial charge is 0.416 e. The lowest BCUT2D eigenvalue weighted by molar-refractivity contribution is -0.137. The highest BCUT2D eigenvalue weighted by molar-refractivity contribution is 5.41. The first-order valence-corrected chi connectivity index (χ1v) is 6.89. The molecule has 112 valence electrons. The zero-order valence-corrected chi connectivity index (χ0v) is 12.1. The summed E-state index contributed by atoms with van der Waals surface area (Å²) in [6.07, 6.45) is 1.05. The molecule has 1 rings (SSSR count). The number of ether oxygens (including phenoxy) is 1. The first kappa shape index (κ1) is 16.6. The molecule has 1 nitrogen and oxygen atoms in total. The maximum atomic E-state index is 12.9. The number of benzene rings is 1. The maximum absolute atomic E-state index is 12.9. The summed E-state index contributed by atoms with van der Waals surface area (Å²) in [5.41, 5.74) is 0.0251. The fourth-order valence-electron chi connectivity index (χ4n) is 2.14. The van der Waals surface area contributed by atoms with Crippen LogP contribution in [0.25, 0.3) is 0 Å². The van der Waals surface area contributed by atoms with Crippen molar-refractivity contribution in [3.63, 3.8) is 0 Å². The van der Waals surface area contributed by atoms with Crippen molar-refractivity contribution in [2.45, 2.75) is 45.7 Å². The van der Waals surface area contributed by atoms with Gasteiger partial charge in [0.2, 0.25) is 0 Å². The van der Waals surface area contributed by atoms with Gasteiger partial charge in [-0.15, -0.1) is 0 Å². The van der Waals surface area contributed by atoms with E-state index in [-0.39, 0.29) is 5.92 Å². The zero-order chi connectivity index (χ0) is 15.2. The molecular weight excluding hydrogens is 265 g/mol. The molecule has 0 fully saturated rings. The van der Waals surface area contributed by atoms with E-state index in [1.165, 1.54) is 12.1 Å². The topological polar surface area (TPSA) is 9.23 Å². The number of allylic oxidation sites excluding steroid dienone is 2. The van der Waals surface area contributed by atoms with Gasteiger partial charge < -0.3 is 4.74 Å². The van der Waals surface area contributed by atoms with Crippen LogP contribution in [0.3, 0.4) is 0 Å². The summed E-state index contributed by atoms with van der Waals surface area (Å²) in [7, 11) is 0. The largest absolute Gasteiger partial charge is 0.494 e. The minimum atomic E-state index is -4.32. The van der Waals surface area contributed by atoms with Crippen molar-refractivity contribution in [1.82, 2.24) is 0 Å². The summed E-state index contributed by atoms with van der Waals surface area (Å²) in [6, 6.07) is 3.74. The normalized spacial score (nSPS) is 13.7. The highest BCUT2D eigenvalue weighted by atomic mass is 19.4. The second-order valence-corrected chi connectivity index (χ2v) is 4.59. The van der Waals surface area contributed by atoms with Crippen LogP contribution in [-0.4, -0.2) is 6.61 Å². The Morgan fingerprint density at radius 2 is 1.95 bits per heavy atom. The lowest BCUT2D eigenvalue weighted by Gasteiger charge is -2.20. The van der Waals surface area contributed by atoms with E-state index in [2.05, 4.69) is 0 Å². The van der Waals surface area contributed by atoms with Crippen LogP contribution in [0.5, 0.6) is 5.75 Å². The van der Waals surface area contributed by atoms with Gasteiger partial charge in [-0.1, -0.05) is 19.1 Å². The molecule has 1 aromatic carbocycles. The number of alkyl halides is 3. The lowest BCUT2D eigenvalue weighted by Crippen LogP contribution is -2.09. The second kappa shape index (κ2) is 7.36. The third-order valence-corrected chi connectivity index (χ3v) is 3.23. The SMILES string of the molecule is C/C=C\CC(CC)c1cc(C(F)(F)F)ccc1OCC. The molecule has 0 aliphatic carbocycles. The number of halogens is 3. The molecule has 1 atom stereocenters. The molecular formula is C16H21F3O. The van der Waals surface area contributed by atoms with E-state index >= 15 is 0 Å². The fraction of sp³-hybridized carbons (Fsp3) is 0.500. The Bertz CT molecular complexity index is 450. The molecule has 0 spiro atoms. The van der Waals surface area contributed by atoms with Crippen molar-refractivity contribution >= 4 is 0 Å². The minimum Gasteiger partial charge on any atom is -0.494 e. The standard InChI is InChI=1S/C16H21F3O/c1-4-7-8-12(5-2)14-11-13(16(17,18)19)9-10-15(14)20-6-3/h4,7,9-12H,5-6,8H2,1-3H3/b7-4-. The molecule has 0 saturated carbocycles. The van der Waals surface area contributed by atoms with Crippen LogP contribution in [0.4, 0.5) is 13.2 Å². The van der Waals surface area contributed by atoms with Crippen LogP contribution in [0, 0.1) is 0 Å². The van der Waals surface area contributed by atoms with E-state index in [1.54, 1.807) is 0 Å². The number of hydrogen-bond donors (Lipinski definition) is 0. The van der Waals surface area contributed by atoms with Crippen LogP contribution in [-0.2, 0) is 6.18 Å². The van der Waals surface area contributed by atoms with Gasteiger partial charge in [-0.3, -0.25) is 0 Å². The van der Waals surface area contributed by atoms with Crippen LogP contribution in [0.15, 0.2) is 30.4 Å². The molecule has 0 bridgehead atoms. The minimum absolute atomic E-state index is 0.0371. The Morgan fingerprint density at radius 3 is 2.45 bits per heavy atom. The Hall–Kier alpha value is -1.45. The van der Waals surface area contributed by atoms with Crippen LogP contribution in [0.1, 0.15) is 50.7 Å². The Labute approximate surface area is 118 Å². The number of rotatable bonds is 6. The highest BCUT2D eigenvalue weighted by Gasteiger charge is 2.31. The summed E-state index contributed by atoms with van der Waals surface area (Å²) in [4.78, 5) is 0. The Kier molecular flexibility index (Phi) is 6.11.